The quantitative estimate of drug-likeness (QED) is 0.782. The van der Waals surface area contributed by atoms with E-state index in [9.17, 15) is 4.79 Å². The number of amides is 1. The predicted molar refractivity (Wildman–Crippen MR) is 66.2 cm³/mol. The highest BCUT2D eigenvalue weighted by Crippen LogP contribution is 2.17. The van der Waals surface area contributed by atoms with Crippen LogP contribution in [0.5, 0.6) is 0 Å². The maximum absolute atomic E-state index is 11.6. The van der Waals surface area contributed by atoms with Gasteiger partial charge in [-0.3, -0.25) is 4.79 Å². The van der Waals surface area contributed by atoms with Crippen molar-refractivity contribution in [2.75, 3.05) is 6.61 Å². The summed E-state index contributed by atoms with van der Waals surface area (Å²) in [6.07, 6.45) is 2.61. The standard InChI is InChI=1S/C14H17NO2/c1-11-9-15(12(2)16)14(10-17-11)8-13-6-4-3-5-7-13/h3-7,9,14H,8,10H2,1-2H3/t14-/m0/s1. The normalized spacial score (nSPS) is 19.5. The number of ether oxygens (including phenoxy) is 1. The maximum atomic E-state index is 11.6. The van der Waals surface area contributed by atoms with E-state index < -0.39 is 0 Å². The molecular weight excluding hydrogens is 214 g/mol. The first-order valence-electron chi connectivity index (χ1n) is 5.81. The maximum Gasteiger partial charge on any atom is 0.223 e. The van der Waals surface area contributed by atoms with Gasteiger partial charge >= 0.3 is 0 Å². The van der Waals surface area contributed by atoms with Crippen molar-refractivity contribution in [3.63, 3.8) is 0 Å². The van der Waals surface area contributed by atoms with Crippen LogP contribution in [-0.4, -0.2) is 23.5 Å². The van der Waals surface area contributed by atoms with Crippen molar-refractivity contribution in [3.05, 3.63) is 47.9 Å². The fourth-order valence-corrected chi connectivity index (χ4v) is 2.04. The lowest BCUT2D eigenvalue weighted by Gasteiger charge is -2.32. The van der Waals surface area contributed by atoms with Crippen molar-refractivity contribution in [3.8, 4) is 0 Å². The zero-order valence-corrected chi connectivity index (χ0v) is 10.2. The number of carbonyl (C=O) groups is 1. The van der Waals surface area contributed by atoms with Crippen LogP contribution in [0.25, 0.3) is 0 Å². The van der Waals surface area contributed by atoms with Crippen LogP contribution >= 0.6 is 0 Å². The first-order chi connectivity index (χ1) is 8.16. The zero-order valence-electron chi connectivity index (χ0n) is 10.2. The number of allylic oxidation sites excluding steroid dienone is 1. The minimum absolute atomic E-state index is 0.0635. The number of carbonyl (C=O) groups excluding carboxylic acids is 1. The molecule has 0 aliphatic carbocycles. The molecule has 3 nitrogen and oxygen atoms in total. The molecule has 0 spiro atoms. The smallest absolute Gasteiger partial charge is 0.223 e. The number of rotatable bonds is 2. The molecule has 0 fully saturated rings. The molecule has 1 amide bonds. The Morgan fingerprint density at radius 1 is 1.41 bits per heavy atom. The summed E-state index contributed by atoms with van der Waals surface area (Å²) >= 11 is 0. The minimum Gasteiger partial charge on any atom is -0.495 e. The molecular formula is C14H17NO2. The molecule has 0 bridgehead atoms. The molecule has 17 heavy (non-hydrogen) atoms. The Balaban J connectivity index is 2.13. The number of hydrogen-bond acceptors (Lipinski definition) is 2. The lowest BCUT2D eigenvalue weighted by atomic mass is 10.0. The van der Waals surface area contributed by atoms with E-state index in [0.717, 1.165) is 12.2 Å². The Bertz CT molecular complexity index is 425. The summed E-state index contributed by atoms with van der Waals surface area (Å²) in [5.74, 6) is 0.859. The van der Waals surface area contributed by atoms with Crippen LogP contribution < -0.4 is 0 Å². The second-order valence-electron chi connectivity index (χ2n) is 4.32. The Morgan fingerprint density at radius 3 is 2.76 bits per heavy atom. The summed E-state index contributed by atoms with van der Waals surface area (Å²) in [5.41, 5.74) is 1.22. The third-order valence-corrected chi connectivity index (χ3v) is 2.90. The summed E-state index contributed by atoms with van der Waals surface area (Å²) in [4.78, 5) is 13.3. The van der Waals surface area contributed by atoms with Crippen LogP contribution in [0.1, 0.15) is 19.4 Å². The molecule has 0 radical (unpaired) electrons. The molecule has 1 aliphatic rings. The van der Waals surface area contributed by atoms with Crippen LogP contribution in [-0.2, 0) is 16.0 Å². The summed E-state index contributed by atoms with van der Waals surface area (Å²) in [6.45, 7) is 4.03. The second kappa shape index (κ2) is 5.04. The van der Waals surface area contributed by atoms with E-state index in [1.54, 1.807) is 18.0 Å². The van der Waals surface area contributed by atoms with Gasteiger partial charge in [0.1, 0.15) is 12.4 Å². The van der Waals surface area contributed by atoms with E-state index in [0.29, 0.717) is 6.61 Å². The SMILES string of the molecule is CC(=O)N1C=C(C)OC[C@@H]1Cc1ccccc1. The lowest BCUT2D eigenvalue weighted by Crippen LogP contribution is -2.42. The molecule has 90 valence electrons. The van der Waals surface area contributed by atoms with Crippen LogP contribution in [0, 0.1) is 0 Å². The monoisotopic (exact) mass is 231 g/mol. The van der Waals surface area contributed by atoms with Crippen molar-refractivity contribution >= 4 is 5.91 Å². The fourth-order valence-electron chi connectivity index (χ4n) is 2.04. The molecule has 0 unspecified atom stereocenters. The first-order valence-corrected chi connectivity index (χ1v) is 5.81. The number of nitrogens with zero attached hydrogens (tertiary/aromatic N) is 1. The van der Waals surface area contributed by atoms with Crippen LogP contribution in [0.15, 0.2) is 42.3 Å². The van der Waals surface area contributed by atoms with E-state index in [2.05, 4.69) is 12.1 Å². The highest BCUT2D eigenvalue weighted by molar-refractivity contribution is 5.75. The fraction of sp³-hybridized carbons (Fsp3) is 0.357. The lowest BCUT2D eigenvalue weighted by molar-refractivity contribution is -0.130. The average molecular weight is 231 g/mol. The second-order valence-corrected chi connectivity index (χ2v) is 4.32. The summed E-state index contributed by atoms with van der Waals surface area (Å²) in [7, 11) is 0. The van der Waals surface area contributed by atoms with Crippen LogP contribution in [0.2, 0.25) is 0 Å². The first kappa shape index (κ1) is 11.7. The van der Waals surface area contributed by atoms with Gasteiger partial charge in [-0.2, -0.15) is 0 Å². The molecule has 2 rings (SSSR count). The van der Waals surface area contributed by atoms with Gasteiger partial charge in [0.05, 0.1) is 6.04 Å². The highest BCUT2D eigenvalue weighted by atomic mass is 16.5. The van der Waals surface area contributed by atoms with Gasteiger partial charge in [-0.05, 0) is 18.9 Å². The average Bonchev–Trinajstić information content (AvgIpc) is 2.32. The molecule has 0 saturated heterocycles. The van der Waals surface area contributed by atoms with Gasteiger partial charge in [0.2, 0.25) is 5.91 Å². The van der Waals surface area contributed by atoms with E-state index in [-0.39, 0.29) is 11.9 Å². The summed E-state index contributed by atoms with van der Waals surface area (Å²) in [6, 6.07) is 10.3. The Morgan fingerprint density at radius 2 is 2.12 bits per heavy atom. The van der Waals surface area contributed by atoms with Crippen molar-refractivity contribution in [1.82, 2.24) is 4.90 Å². The van der Waals surface area contributed by atoms with Gasteiger partial charge in [-0.15, -0.1) is 0 Å². The van der Waals surface area contributed by atoms with Gasteiger partial charge in [0, 0.05) is 13.1 Å². The van der Waals surface area contributed by atoms with E-state index in [1.165, 1.54) is 5.56 Å². The van der Waals surface area contributed by atoms with Crippen molar-refractivity contribution in [1.29, 1.82) is 0 Å². The predicted octanol–water partition coefficient (Wildman–Crippen LogP) is 2.34. The molecule has 1 heterocycles. The van der Waals surface area contributed by atoms with E-state index in [4.69, 9.17) is 4.74 Å². The molecule has 1 aliphatic heterocycles. The third-order valence-electron chi connectivity index (χ3n) is 2.90. The van der Waals surface area contributed by atoms with E-state index in [1.807, 2.05) is 25.1 Å². The van der Waals surface area contributed by atoms with Gasteiger partial charge in [-0.1, -0.05) is 30.3 Å². The van der Waals surface area contributed by atoms with E-state index >= 15 is 0 Å². The van der Waals surface area contributed by atoms with Crippen LogP contribution in [0.4, 0.5) is 0 Å². The zero-order chi connectivity index (χ0) is 12.3. The summed E-state index contributed by atoms with van der Waals surface area (Å²) in [5, 5.41) is 0. The summed E-state index contributed by atoms with van der Waals surface area (Å²) < 4.78 is 5.51. The molecule has 1 aromatic carbocycles. The largest absolute Gasteiger partial charge is 0.495 e. The van der Waals surface area contributed by atoms with Crippen molar-refractivity contribution in [2.24, 2.45) is 0 Å². The Labute approximate surface area is 102 Å². The van der Waals surface area contributed by atoms with Gasteiger partial charge in [-0.25, -0.2) is 0 Å². The molecule has 0 N–H and O–H groups in total. The molecule has 0 aromatic heterocycles. The van der Waals surface area contributed by atoms with Gasteiger partial charge in [0.25, 0.3) is 0 Å². The Hall–Kier alpha value is -1.77. The topological polar surface area (TPSA) is 29.5 Å². The van der Waals surface area contributed by atoms with Gasteiger partial charge < -0.3 is 9.64 Å². The molecule has 1 atom stereocenters. The molecule has 3 heteroatoms. The van der Waals surface area contributed by atoms with Crippen LogP contribution in [0.3, 0.4) is 0 Å². The minimum atomic E-state index is 0.0635. The van der Waals surface area contributed by atoms with Crippen molar-refractivity contribution < 1.29 is 9.53 Å². The number of hydrogen-bond donors (Lipinski definition) is 0. The molecule has 0 saturated carbocycles. The third kappa shape index (κ3) is 2.87. The van der Waals surface area contributed by atoms with Crippen molar-refractivity contribution in [2.45, 2.75) is 26.3 Å². The highest BCUT2D eigenvalue weighted by Gasteiger charge is 2.24. The Kier molecular flexibility index (Phi) is 3.47. The molecule has 1 aromatic rings. The van der Waals surface area contributed by atoms with Gasteiger partial charge in [0.15, 0.2) is 0 Å². The number of benzene rings is 1.